The first-order valence-electron chi connectivity index (χ1n) is 6.91. The van der Waals surface area contributed by atoms with Gasteiger partial charge in [-0.3, -0.25) is 4.79 Å². The van der Waals surface area contributed by atoms with Crippen molar-refractivity contribution >= 4 is 5.91 Å². The number of aliphatic hydroxyl groups is 1. The molecule has 0 radical (unpaired) electrons. The van der Waals surface area contributed by atoms with Crippen LogP contribution in [-0.2, 0) is 4.79 Å². The van der Waals surface area contributed by atoms with E-state index in [4.69, 9.17) is 0 Å². The molecule has 1 saturated heterocycles. The largest absolute Gasteiger partial charge is 0.389 e. The first-order valence-corrected chi connectivity index (χ1v) is 6.91. The molecule has 2 N–H and O–H groups in total. The topological polar surface area (TPSA) is 52.6 Å². The highest BCUT2D eigenvalue weighted by molar-refractivity contribution is 5.77. The summed E-state index contributed by atoms with van der Waals surface area (Å²) in [4.78, 5) is 14.0. The Hall–Kier alpha value is -0.610. The molecule has 0 aromatic rings. The van der Waals surface area contributed by atoms with E-state index in [2.05, 4.69) is 5.32 Å². The Labute approximate surface area is 103 Å². The molecule has 1 heterocycles. The molecule has 2 fully saturated rings. The number of piperazine rings is 1. The van der Waals surface area contributed by atoms with Crippen molar-refractivity contribution in [3.05, 3.63) is 0 Å². The summed E-state index contributed by atoms with van der Waals surface area (Å²) < 4.78 is 0. The Morgan fingerprint density at radius 1 is 1.12 bits per heavy atom. The normalized spacial score (nSPS) is 25.4. The minimum Gasteiger partial charge on any atom is -0.389 e. The van der Waals surface area contributed by atoms with E-state index >= 15 is 0 Å². The van der Waals surface area contributed by atoms with Gasteiger partial charge in [-0.05, 0) is 12.8 Å². The third-order valence-electron chi connectivity index (χ3n) is 3.98. The van der Waals surface area contributed by atoms with E-state index in [1.54, 1.807) is 0 Å². The molecule has 1 aliphatic heterocycles. The zero-order valence-corrected chi connectivity index (χ0v) is 10.6. The highest BCUT2D eigenvalue weighted by Crippen LogP contribution is 2.30. The van der Waals surface area contributed by atoms with Crippen LogP contribution in [0.3, 0.4) is 0 Å². The molecule has 0 bridgehead atoms. The van der Waals surface area contributed by atoms with Crippen LogP contribution in [0.5, 0.6) is 0 Å². The van der Waals surface area contributed by atoms with Crippen LogP contribution in [0, 0.1) is 0 Å². The van der Waals surface area contributed by atoms with Crippen molar-refractivity contribution in [3.8, 4) is 0 Å². The SMILES string of the molecule is O=C(CC1(O)CCCCCC1)N1CCNCC1. The van der Waals surface area contributed by atoms with E-state index in [-0.39, 0.29) is 5.91 Å². The van der Waals surface area contributed by atoms with Crippen LogP contribution in [0.1, 0.15) is 44.9 Å². The average molecular weight is 240 g/mol. The minimum absolute atomic E-state index is 0.135. The lowest BCUT2D eigenvalue weighted by atomic mass is 9.90. The molecule has 2 rings (SSSR count). The number of hydrogen-bond donors (Lipinski definition) is 2. The van der Waals surface area contributed by atoms with Crippen molar-refractivity contribution in [1.29, 1.82) is 0 Å². The van der Waals surface area contributed by atoms with Gasteiger partial charge in [0.05, 0.1) is 12.0 Å². The average Bonchev–Trinajstić information content (AvgIpc) is 2.55. The number of nitrogens with zero attached hydrogens (tertiary/aromatic N) is 1. The van der Waals surface area contributed by atoms with Crippen molar-refractivity contribution in [2.45, 2.75) is 50.5 Å². The van der Waals surface area contributed by atoms with Gasteiger partial charge in [0.25, 0.3) is 0 Å². The van der Waals surface area contributed by atoms with Crippen LogP contribution in [0.4, 0.5) is 0 Å². The third-order valence-corrected chi connectivity index (χ3v) is 3.98. The lowest BCUT2D eigenvalue weighted by Gasteiger charge is -2.32. The number of nitrogens with one attached hydrogen (secondary N) is 1. The Morgan fingerprint density at radius 2 is 1.71 bits per heavy atom. The summed E-state index contributed by atoms with van der Waals surface area (Å²) in [5.41, 5.74) is -0.724. The summed E-state index contributed by atoms with van der Waals surface area (Å²) >= 11 is 0. The zero-order valence-electron chi connectivity index (χ0n) is 10.6. The third kappa shape index (κ3) is 3.68. The highest BCUT2D eigenvalue weighted by Gasteiger charge is 2.32. The lowest BCUT2D eigenvalue weighted by molar-refractivity contribution is -0.137. The van der Waals surface area contributed by atoms with Gasteiger partial charge in [0, 0.05) is 26.2 Å². The molecule has 0 atom stereocenters. The molecule has 2 aliphatic rings. The summed E-state index contributed by atoms with van der Waals surface area (Å²) in [7, 11) is 0. The summed E-state index contributed by atoms with van der Waals surface area (Å²) in [6.45, 7) is 3.33. The van der Waals surface area contributed by atoms with Crippen molar-refractivity contribution in [1.82, 2.24) is 10.2 Å². The molecule has 1 aliphatic carbocycles. The van der Waals surface area contributed by atoms with E-state index < -0.39 is 5.60 Å². The second-order valence-electron chi connectivity index (χ2n) is 5.45. The van der Waals surface area contributed by atoms with Crippen molar-refractivity contribution in [2.75, 3.05) is 26.2 Å². The molecule has 1 saturated carbocycles. The van der Waals surface area contributed by atoms with Crippen LogP contribution in [0.25, 0.3) is 0 Å². The molecule has 1 amide bonds. The predicted octanol–water partition coefficient (Wildman–Crippen LogP) is 0.894. The molecule has 0 spiro atoms. The molecule has 4 heteroatoms. The fourth-order valence-electron chi connectivity index (χ4n) is 2.87. The lowest BCUT2D eigenvalue weighted by Crippen LogP contribution is -2.48. The van der Waals surface area contributed by atoms with Crippen LogP contribution < -0.4 is 5.32 Å². The van der Waals surface area contributed by atoms with E-state index in [0.717, 1.165) is 51.9 Å². The van der Waals surface area contributed by atoms with Gasteiger partial charge in [-0.15, -0.1) is 0 Å². The quantitative estimate of drug-likeness (QED) is 0.705. The van der Waals surface area contributed by atoms with Crippen LogP contribution in [0.2, 0.25) is 0 Å². The Morgan fingerprint density at radius 3 is 2.29 bits per heavy atom. The second-order valence-corrected chi connectivity index (χ2v) is 5.45. The van der Waals surface area contributed by atoms with Gasteiger partial charge in [0.2, 0.25) is 5.91 Å². The van der Waals surface area contributed by atoms with E-state index in [0.29, 0.717) is 6.42 Å². The summed E-state index contributed by atoms with van der Waals surface area (Å²) in [6, 6.07) is 0. The number of amides is 1. The monoisotopic (exact) mass is 240 g/mol. The van der Waals surface area contributed by atoms with Gasteiger partial charge in [-0.2, -0.15) is 0 Å². The first kappa shape index (κ1) is 12.8. The second kappa shape index (κ2) is 5.83. The Kier molecular flexibility index (Phi) is 4.40. The Balaban J connectivity index is 1.87. The Bertz CT molecular complexity index is 254. The van der Waals surface area contributed by atoms with Crippen LogP contribution in [0.15, 0.2) is 0 Å². The van der Waals surface area contributed by atoms with E-state index in [1.165, 1.54) is 12.8 Å². The summed E-state index contributed by atoms with van der Waals surface area (Å²) in [5, 5.41) is 13.7. The van der Waals surface area contributed by atoms with Crippen molar-refractivity contribution in [2.24, 2.45) is 0 Å². The maximum Gasteiger partial charge on any atom is 0.225 e. The fourth-order valence-corrected chi connectivity index (χ4v) is 2.87. The van der Waals surface area contributed by atoms with Gasteiger partial charge in [-0.25, -0.2) is 0 Å². The molecule has 4 nitrogen and oxygen atoms in total. The van der Waals surface area contributed by atoms with Crippen molar-refractivity contribution < 1.29 is 9.90 Å². The van der Waals surface area contributed by atoms with Gasteiger partial charge < -0.3 is 15.3 Å². The summed E-state index contributed by atoms with van der Waals surface area (Å²) in [6.07, 6.45) is 6.44. The van der Waals surface area contributed by atoms with Gasteiger partial charge in [0.15, 0.2) is 0 Å². The molecule has 17 heavy (non-hydrogen) atoms. The number of carbonyl (C=O) groups excluding carboxylic acids is 1. The predicted molar refractivity (Wildman–Crippen MR) is 66.7 cm³/mol. The molecule has 0 unspecified atom stereocenters. The standard InChI is InChI=1S/C13H24N2O2/c16-12(15-9-7-14-8-10-15)11-13(17)5-3-1-2-4-6-13/h14,17H,1-11H2. The minimum atomic E-state index is -0.724. The van der Waals surface area contributed by atoms with E-state index in [1.807, 2.05) is 4.90 Å². The highest BCUT2D eigenvalue weighted by atomic mass is 16.3. The number of hydrogen-bond acceptors (Lipinski definition) is 3. The van der Waals surface area contributed by atoms with E-state index in [9.17, 15) is 9.90 Å². The van der Waals surface area contributed by atoms with Gasteiger partial charge in [0.1, 0.15) is 0 Å². The first-order chi connectivity index (χ1) is 8.20. The number of carbonyl (C=O) groups is 1. The van der Waals surface area contributed by atoms with Crippen LogP contribution >= 0.6 is 0 Å². The fraction of sp³-hybridized carbons (Fsp3) is 0.923. The molecule has 0 aromatic heterocycles. The molecule has 0 aromatic carbocycles. The van der Waals surface area contributed by atoms with Gasteiger partial charge in [-0.1, -0.05) is 25.7 Å². The molecular formula is C13H24N2O2. The zero-order chi connectivity index (χ0) is 12.1. The maximum atomic E-state index is 12.1. The van der Waals surface area contributed by atoms with Crippen LogP contribution in [-0.4, -0.2) is 47.7 Å². The summed E-state index contributed by atoms with van der Waals surface area (Å²) in [5.74, 6) is 0.135. The number of rotatable bonds is 2. The van der Waals surface area contributed by atoms with Crippen molar-refractivity contribution in [3.63, 3.8) is 0 Å². The maximum absolute atomic E-state index is 12.1. The smallest absolute Gasteiger partial charge is 0.225 e. The molecule has 98 valence electrons. The van der Waals surface area contributed by atoms with Gasteiger partial charge >= 0.3 is 0 Å². The molecular weight excluding hydrogens is 216 g/mol.